The van der Waals surface area contributed by atoms with Crippen LogP contribution < -0.4 is 9.62 Å². The first-order valence-corrected chi connectivity index (χ1v) is 15.8. The summed E-state index contributed by atoms with van der Waals surface area (Å²) in [6, 6.07) is 21.9. The largest absolute Gasteiger partial charge is 0.350 e. The highest BCUT2D eigenvalue weighted by Gasteiger charge is 2.34. The van der Waals surface area contributed by atoms with Crippen LogP contribution in [0.3, 0.4) is 0 Å². The molecule has 8 nitrogen and oxygen atoms in total. The zero-order valence-electron chi connectivity index (χ0n) is 23.9. The molecule has 0 aliphatic rings. The second-order valence-corrected chi connectivity index (χ2v) is 13.8. The van der Waals surface area contributed by atoms with Gasteiger partial charge in [0.1, 0.15) is 12.6 Å². The number of Topliss-reactive ketones (excluding diaryl/α,β-unsaturated/α-hetero) is 1. The van der Waals surface area contributed by atoms with Crippen LogP contribution in [0.4, 0.5) is 5.69 Å². The number of sulfonamides is 1. The molecule has 0 aliphatic heterocycles. The predicted octanol–water partition coefficient (Wildman–Crippen LogP) is 4.97. The van der Waals surface area contributed by atoms with Crippen molar-refractivity contribution in [1.29, 1.82) is 0 Å². The Hall–Kier alpha value is -3.50. The van der Waals surface area contributed by atoms with Gasteiger partial charge in [-0.2, -0.15) is 0 Å². The third-order valence-corrected chi connectivity index (χ3v) is 7.92. The van der Waals surface area contributed by atoms with Crippen LogP contribution >= 0.6 is 15.9 Å². The molecule has 41 heavy (non-hydrogen) atoms. The van der Waals surface area contributed by atoms with Crippen LogP contribution in [0.5, 0.6) is 0 Å². The topological polar surface area (TPSA) is 104 Å². The van der Waals surface area contributed by atoms with Crippen molar-refractivity contribution >= 4 is 49.2 Å². The third kappa shape index (κ3) is 9.54. The lowest BCUT2D eigenvalue weighted by Crippen LogP contribution is -2.56. The Morgan fingerprint density at radius 2 is 1.54 bits per heavy atom. The summed E-state index contributed by atoms with van der Waals surface area (Å²) >= 11 is 3.42. The maximum Gasteiger partial charge on any atom is 0.244 e. The van der Waals surface area contributed by atoms with Gasteiger partial charge in [0.05, 0.1) is 11.9 Å². The highest BCUT2D eigenvalue weighted by molar-refractivity contribution is 9.10. The molecular weight excluding hydrogens is 606 g/mol. The Bertz CT molecular complexity index is 1490. The molecule has 0 saturated carbocycles. The number of nitrogens with one attached hydrogen (secondary N) is 1. The molecule has 0 fully saturated rings. The fraction of sp³-hybridized carbons (Fsp3) is 0.323. The van der Waals surface area contributed by atoms with E-state index in [0.29, 0.717) is 5.56 Å². The number of hydrogen-bond donors (Lipinski definition) is 1. The second kappa shape index (κ2) is 13.4. The lowest BCUT2D eigenvalue weighted by Gasteiger charge is -2.35. The van der Waals surface area contributed by atoms with E-state index in [1.165, 1.54) is 24.0 Å². The van der Waals surface area contributed by atoms with Crippen LogP contribution in [0.25, 0.3) is 0 Å². The maximum absolute atomic E-state index is 14.1. The van der Waals surface area contributed by atoms with Gasteiger partial charge in [0.25, 0.3) is 0 Å². The number of amides is 2. The number of ketones is 1. The van der Waals surface area contributed by atoms with Crippen molar-refractivity contribution in [2.75, 3.05) is 17.1 Å². The summed E-state index contributed by atoms with van der Waals surface area (Å²) in [5.41, 5.74) is 1.57. The van der Waals surface area contributed by atoms with Gasteiger partial charge in [-0.15, -0.1) is 0 Å². The van der Waals surface area contributed by atoms with Crippen LogP contribution in [0.2, 0.25) is 0 Å². The Morgan fingerprint density at radius 1 is 0.902 bits per heavy atom. The van der Waals surface area contributed by atoms with Gasteiger partial charge in [-0.3, -0.25) is 18.7 Å². The fourth-order valence-corrected chi connectivity index (χ4v) is 5.39. The number of anilines is 1. The highest BCUT2D eigenvalue weighted by Crippen LogP contribution is 2.22. The molecule has 0 aromatic heterocycles. The van der Waals surface area contributed by atoms with Crippen LogP contribution in [0.15, 0.2) is 83.3 Å². The molecule has 218 valence electrons. The normalized spacial score (nSPS) is 12.3. The van der Waals surface area contributed by atoms with Gasteiger partial charge in [0, 0.05) is 28.5 Å². The SMILES string of the molecule is CC(=O)c1cccc(N(CC(=O)N(Cc2ccc(Br)cc2)[C@@H](Cc2ccccc2)C(=O)NC(C)(C)C)S(C)(=O)=O)c1. The van der Waals surface area contributed by atoms with E-state index in [-0.39, 0.29) is 30.3 Å². The lowest BCUT2D eigenvalue weighted by atomic mass is 10.0. The van der Waals surface area contributed by atoms with E-state index in [4.69, 9.17) is 0 Å². The summed E-state index contributed by atoms with van der Waals surface area (Å²) in [5.74, 6) is -1.14. The molecule has 3 rings (SSSR count). The van der Waals surface area contributed by atoms with Crippen LogP contribution in [-0.4, -0.2) is 55.3 Å². The van der Waals surface area contributed by atoms with Crippen molar-refractivity contribution in [2.24, 2.45) is 0 Å². The molecule has 0 aliphatic carbocycles. The van der Waals surface area contributed by atoms with Gasteiger partial charge in [0.2, 0.25) is 21.8 Å². The molecule has 1 N–H and O–H groups in total. The first-order valence-electron chi connectivity index (χ1n) is 13.1. The first-order chi connectivity index (χ1) is 19.1. The van der Waals surface area contributed by atoms with Gasteiger partial charge in [-0.25, -0.2) is 8.42 Å². The van der Waals surface area contributed by atoms with Crippen LogP contribution in [-0.2, 0) is 32.6 Å². The smallest absolute Gasteiger partial charge is 0.244 e. The minimum absolute atomic E-state index is 0.0757. The standard InChI is InChI=1S/C31H36BrN3O5S/c1-22(36)25-12-9-13-27(19-25)35(41(5,39)40)21-29(37)34(20-24-14-16-26(32)17-15-24)28(30(38)33-31(2,3)4)18-23-10-7-6-8-11-23/h6-17,19,28H,18,20-21H2,1-5H3,(H,33,38)/t28-/m0/s1. The zero-order valence-corrected chi connectivity index (χ0v) is 26.3. The first kappa shape index (κ1) is 32.0. The molecule has 0 heterocycles. The Balaban J connectivity index is 2.09. The van der Waals surface area contributed by atoms with Gasteiger partial charge in [0.15, 0.2) is 5.78 Å². The van der Waals surface area contributed by atoms with Crippen molar-refractivity contribution in [3.8, 4) is 0 Å². The van der Waals surface area contributed by atoms with E-state index in [1.807, 2.05) is 75.4 Å². The van der Waals surface area contributed by atoms with Crippen molar-refractivity contribution in [3.63, 3.8) is 0 Å². The molecule has 2 amide bonds. The number of carbonyl (C=O) groups excluding carboxylic acids is 3. The van der Waals surface area contributed by atoms with Crippen molar-refractivity contribution in [2.45, 2.75) is 52.2 Å². The molecule has 0 radical (unpaired) electrons. The molecule has 0 bridgehead atoms. The minimum atomic E-state index is -3.93. The monoisotopic (exact) mass is 641 g/mol. The maximum atomic E-state index is 14.1. The second-order valence-electron chi connectivity index (χ2n) is 11.0. The van der Waals surface area contributed by atoms with Gasteiger partial charge in [-0.05, 0) is 63.1 Å². The molecule has 0 saturated heterocycles. The molecule has 0 spiro atoms. The molecule has 0 unspecified atom stereocenters. The summed E-state index contributed by atoms with van der Waals surface area (Å²) in [6.45, 7) is 6.49. The van der Waals surface area contributed by atoms with E-state index < -0.39 is 34.1 Å². The number of hydrogen-bond acceptors (Lipinski definition) is 5. The average molecular weight is 643 g/mol. The van der Waals surface area contributed by atoms with E-state index in [0.717, 1.165) is 26.2 Å². The molecule has 3 aromatic rings. The van der Waals surface area contributed by atoms with Crippen LogP contribution in [0, 0.1) is 0 Å². The predicted molar refractivity (Wildman–Crippen MR) is 165 cm³/mol. The van der Waals surface area contributed by atoms with Crippen molar-refractivity contribution < 1.29 is 22.8 Å². The summed E-state index contributed by atoms with van der Waals surface area (Å²) < 4.78 is 27.7. The Labute approximate surface area is 250 Å². The number of rotatable bonds is 11. The van der Waals surface area contributed by atoms with E-state index in [1.54, 1.807) is 12.1 Å². The summed E-state index contributed by atoms with van der Waals surface area (Å²) in [7, 11) is -3.93. The van der Waals surface area contributed by atoms with E-state index >= 15 is 0 Å². The summed E-state index contributed by atoms with van der Waals surface area (Å²) in [5, 5.41) is 3.00. The third-order valence-electron chi connectivity index (χ3n) is 6.26. The molecule has 1 atom stereocenters. The number of halogens is 1. The Morgan fingerprint density at radius 3 is 2.10 bits per heavy atom. The van der Waals surface area contributed by atoms with Gasteiger partial charge >= 0.3 is 0 Å². The van der Waals surface area contributed by atoms with Crippen LogP contribution in [0.1, 0.15) is 49.2 Å². The minimum Gasteiger partial charge on any atom is -0.350 e. The number of carbonyl (C=O) groups is 3. The quantitative estimate of drug-likeness (QED) is 0.298. The Kier molecular flexibility index (Phi) is 10.5. The van der Waals surface area contributed by atoms with E-state index in [9.17, 15) is 22.8 Å². The van der Waals surface area contributed by atoms with Gasteiger partial charge in [-0.1, -0.05) is 70.5 Å². The molecular formula is C31H36BrN3O5S. The van der Waals surface area contributed by atoms with E-state index in [2.05, 4.69) is 21.2 Å². The fourth-order valence-electron chi connectivity index (χ4n) is 4.29. The lowest BCUT2D eigenvalue weighted by molar-refractivity contribution is -0.140. The molecule has 10 heteroatoms. The highest BCUT2D eigenvalue weighted by atomic mass is 79.9. The molecule has 3 aromatic carbocycles. The van der Waals surface area contributed by atoms with Gasteiger partial charge < -0.3 is 10.2 Å². The number of benzene rings is 3. The summed E-state index contributed by atoms with van der Waals surface area (Å²) in [4.78, 5) is 41.3. The summed E-state index contributed by atoms with van der Waals surface area (Å²) in [6.07, 6.45) is 1.23. The number of nitrogens with zero attached hydrogens (tertiary/aromatic N) is 2. The zero-order chi connectivity index (χ0) is 30.4. The average Bonchev–Trinajstić information content (AvgIpc) is 2.89. The van der Waals surface area contributed by atoms with Crippen molar-refractivity contribution in [1.82, 2.24) is 10.2 Å². The van der Waals surface area contributed by atoms with Crippen molar-refractivity contribution in [3.05, 3.63) is 100 Å².